The SMILES string of the molecule is CCOC(=O)C=CNC(=O)Nc1ccc(Cl)c(C(=O)OCC)c1. The minimum atomic E-state index is -0.595. The molecule has 0 radical (unpaired) electrons. The van der Waals surface area contributed by atoms with Crippen molar-refractivity contribution in [2.45, 2.75) is 13.8 Å². The molecule has 2 amide bonds. The van der Waals surface area contributed by atoms with Gasteiger partial charge in [0.1, 0.15) is 0 Å². The van der Waals surface area contributed by atoms with Crippen LogP contribution in [0.1, 0.15) is 24.2 Å². The molecule has 7 nitrogen and oxygen atoms in total. The number of carbonyl (C=O) groups excluding carboxylic acids is 3. The van der Waals surface area contributed by atoms with Crippen LogP contribution in [-0.4, -0.2) is 31.2 Å². The average molecular weight is 341 g/mol. The molecule has 8 heteroatoms. The topological polar surface area (TPSA) is 93.7 Å². The Balaban J connectivity index is 2.66. The van der Waals surface area contributed by atoms with Crippen molar-refractivity contribution in [2.24, 2.45) is 0 Å². The van der Waals surface area contributed by atoms with Crippen LogP contribution in [0, 0.1) is 0 Å². The number of nitrogens with one attached hydrogen (secondary N) is 2. The molecule has 0 fully saturated rings. The summed E-state index contributed by atoms with van der Waals surface area (Å²) in [5.74, 6) is -1.15. The minimum Gasteiger partial charge on any atom is -0.463 e. The lowest BCUT2D eigenvalue weighted by molar-refractivity contribution is -0.137. The van der Waals surface area contributed by atoms with Gasteiger partial charge < -0.3 is 20.1 Å². The molecular weight excluding hydrogens is 324 g/mol. The van der Waals surface area contributed by atoms with Gasteiger partial charge in [-0.2, -0.15) is 0 Å². The van der Waals surface area contributed by atoms with E-state index in [0.717, 1.165) is 12.3 Å². The van der Waals surface area contributed by atoms with Crippen molar-refractivity contribution in [1.82, 2.24) is 5.32 Å². The van der Waals surface area contributed by atoms with Gasteiger partial charge in [0.2, 0.25) is 0 Å². The average Bonchev–Trinajstić information content (AvgIpc) is 2.49. The van der Waals surface area contributed by atoms with E-state index < -0.39 is 18.0 Å². The summed E-state index contributed by atoms with van der Waals surface area (Å²) in [5.41, 5.74) is 0.493. The standard InChI is InChI=1S/C15H17ClN2O5/c1-3-22-13(19)7-8-17-15(21)18-10-5-6-12(16)11(9-10)14(20)23-4-2/h5-9H,3-4H2,1-2H3,(H2,17,18,21). The summed E-state index contributed by atoms with van der Waals surface area (Å²) in [6, 6.07) is 3.80. The summed E-state index contributed by atoms with van der Waals surface area (Å²) in [7, 11) is 0. The summed E-state index contributed by atoms with van der Waals surface area (Å²) >= 11 is 5.92. The first-order valence-electron chi connectivity index (χ1n) is 6.85. The largest absolute Gasteiger partial charge is 0.463 e. The highest BCUT2D eigenvalue weighted by Crippen LogP contribution is 2.21. The van der Waals surface area contributed by atoms with Gasteiger partial charge in [0.25, 0.3) is 0 Å². The Morgan fingerprint density at radius 2 is 1.87 bits per heavy atom. The second kappa shape index (κ2) is 9.47. The molecule has 0 atom stereocenters. The van der Waals surface area contributed by atoms with Crippen molar-refractivity contribution in [3.8, 4) is 0 Å². The van der Waals surface area contributed by atoms with E-state index in [1.54, 1.807) is 13.8 Å². The van der Waals surface area contributed by atoms with Crippen LogP contribution in [0.4, 0.5) is 10.5 Å². The number of hydrogen-bond donors (Lipinski definition) is 2. The van der Waals surface area contributed by atoms with Crippen LogP contribution in [0.15, 0.2) is 30.5 Å². The summed E-state index contributed by atoms with van der Waals surface area (Å²) in [6.07, 6.45) is 2.23. The van der Waals surface area contributed by atoms with Crippen LogP contribution in [0.5, 0.6) is 0 Å². The Kier molecular flexibility index (Phi) is 7.62. The van der Waals surface area contributed by atoms with Crippen molar-refractivity contribution < 1.29 is 23.9 Å². The number of urea groups is 1. The Morgan fingerprint density at radius 3 is 2.52 bits per heavy atom. The van der Waals surface area contributed by atoms with E-state index in [2.05, 4.69) is 15.4 Å². The molecule has 0 bridgehead atoms. The Morgan fingerprint density at radius 1 is 1.17 bits per heavy atom. The van der Waals surface area contributed by atoms with Gasteiger partial charge in [0, 0.05) is 18.0 Å². The third-order valence-electron chi connectivity index (χ3n) is 2.44. The van der Waals surface area contributed by atoms with Gasteiger partial charge >= 0.3 is 18.0 Å². The van der Waals surface area contributed by atoms with Crippen molar-refractivity contribution in [3.63, 3.8) is 0 Å². The molecule has 0 aliphatic carbocycles. The lowest BCUT2D eigenvalue weighted by Gasteiger charge is -2.08. The Labute approximate surface area is 138 Å². The third kappa shape index (κ3) is 6.39. The van der Waals surface area contributed by atoms with Crippen molar-refractivity contribution in [2.75, 3.05) is 18.5 Å². The Hall–Kier alpha value is -2.54. The highest BCUT2D eigenvalue weighted by atomic mass is 35.5. The molecule has 0 aliphatic heterocycles. The van der Waals surface area contributed by atoms with E-state index in [9.17, 15) is 14.4 Å². The van der Waals surface area contributed by atoms with Gasteiger partial charge in [0.15, 0.2) is 0 Å². The monoisotopic (exact) mass is 340 g/mol. The summed E-state index contributed by atoms with van der Waals surface area (Å²) in [4.78, 5) is 34.4. The van der Waals surface area contributed by atoms with E-state index in [0.29, 0.717) is 5.69 Å². The fourth-order valence-corrected chi connectivity index (χ4v) is 1.71. The molecule has 0 aromatic heterocycles. The predicted molar refractivity (Wildman–Crippen MR) is 85.3 cm³/mol. The first-order valence-corrected chi connectivity index (χ1v) is 7.23. The maximum absolute atomic E-state index is 11.7. The first-order chi connectivity index (χ1) is 11.0. The molecule has 1 rings (SSSR count). The van der Waals surface area contributed by atoms with Crippen molar-refractivity contribution in [1.29, 1.82) is 0 Å². The molecule has 2 N–H and O–H groups in total. The highest BCUT2D eigenvalue weighted by molar-refractivity contribution is 6.33. The van der Waals surface area contributed by atoms with Crippen molar-refractivity contribution in [3.05, 3.63) is 41.1 Å². The molecule has 0 aliphatic rings. The molecule has 23 heavy (non-hydrogen) atoms. The lowest BCUT2D eigenvalue weighted by Crippen LogP contribution is -2.24. The lowest BCUT2D eigenvalue weighted by atomic mass is 10.2. The van der Waals surface area contributed by atoms with Crippen LogP contribution >= 0.6 is 11.6 Å². The molecule has 0 saturated carbocycles. The maximum Gasteiger partial charge on any atom is 0.339 e. The number of anilines is 1. The number of amides is 2. The van der Waals surface area contributed by atoms with Crippen LogP contribution in [0.25, 0.3) is 0 Å². The molecule has 1 aromatic carbocycles. The number of carbonyl (C=O) groups is 3. The van der Waals surface area contributed by atoms with Gasteiger partial charge in [-0.25, -0.2) is 14.4 Å². The van der Waals surface area contributed by atoms with E-state index in [1.807, 2.05) is 0 Å². The molecular formula is C15H17ClN2O5. The van der Waals surface area contributed by atoms with E-state index in [4.69, 9.17) is 16.3 Å². The summed E-state index contributed by atoms with van der Waals surface area (Å²) in [5, 5.41) is 5.04. The van der Waals surface area contributed by atoms with Crippen LogP contribution in [0.2, 0.25) is 5.02 Å². The normalized spacial score (nSPS) is 10.2. The van der Waals surface area contributed by atoms with Gasteiger partial charge in [-0.05, 0) is 32.0 Å². The predicted octanol–water partition coefficient (Wildman–Crippen LogP) is 2.72. The van der Waals surface area contributed by atoms with Gasteiger partial charge in [-0.1, -0.05) is 11.6 Å². The first kappa shape index (κ1) is 18.5. The highest BCUT2D eigenvalue weighted by Gasteiger charge is 2.13. The molecule has 0 saturated heterocycles. The Bertz CT molecular complexity index is 616. The number of esters is 2. The molecule has 0 unspecified atom stereocenters. The quantitative estimate of drug-likeness (QED) is 0.613. The summed E-state index contributed by atoms with van der Waals surface area (Å²) < 4.78 is 9.53. The van der Waals surface area contributed by atoms with Gasteiger partial charge in [-0.15, -0.1) is 0 Å². The zero-order valence-electron chi connectivity index (χ0n) is 12.7. The van der Waals surface area contributed by atoms with Crippen LogP contribution in [0.3, 0.4) is 0 Å². The van der Waals surface area contributed by atoms with E-state index >= 15 is 0 Å². The molecule has 1 aromatic rings. The number of benzene rings is 1. The van der Waals surface area contributed by atoms with Crippen molar-refractivity contribution >= 4 is 35.3 Å². The summed E-state index contributed by atoms with van der Waals surface area (Å²) in [6.45, 7) is 3.81. The molecule has 124 valence electrons. The fraction of sp³-hybridized carbons (Fsp3) is 0.267. The fourth-order valence-electron chi connectivity index (χ4n) is 1.51. The zero-order valence-corrected chi connectivity index (χ0v) is 13.5. The number of hydrogen-bond acceptors (Lipinski definition) is 5. The number of ether oxygens (including phenoxy) is 2. The number of halogens is 1. The smallest absolute Gasteiger partial charge is 0.339 e. The van der Waals surface area contributed by atoms with Crippen LogP contribution < -0.4 is 10.6 Å². The molecule has 0 spiro atoms. The van der Waals surface area contributed by atoms with Gasteiger partial charge in [-0.3, -0.25) is 0 Å². The maximum atomic E-state index is 11.7. The van der Waals surface area contributed by atoms with Gasteiger partial charge in [0.05, 0.1) is 23.8 Å². The second-order valence-corrected chi connectivity index (χ2v) is 4.51. The number of rotatable bonds is 6. The van der Waals surface area contributed by atoms with E-state index in [1.165, 1.54) is 18.2 Å². The molecule has 0 heterocycles. The minimum absolute atomic E-state index is 0.147. The zero-order chi connectivity index (χ0) is 17.2. The van der Waals surface area contributed by atoms with E-state index in [-0.39, 0.29) is 23.8 Å². The van der Waals surface area contributed by atoms with Crippen LogP contribution in [-0.2, 0) is 14.3 Å². The second-order valence-electron chi connectivity index (χ2n) is 4.10. The third-order valence-corrected chi connectivity index (χ3v) is 2.77.